The molecule has 0 atom stereocenters. The van der Waals surface area contributed by atoms with E-state index in [2.05, 4.69) is 10.0 Å². The summed E-state index contributed by atoms with van der Waals surface area (Å²) in [5.41, 5.74) is 5.97. The van der Waals surface area contributed by atoms with Crippen LogP contribution in [0.25, 0.3) is 0 Å². The average molecular weight is 273 g/mol. The van der Waals surface area contributed by atoms with Gasteiger partial charge < -0.3 is 16.2 Å². The third kappa shape index (κ3) is 4.60. The van der Waals surface area contributed by atoms with Gasteiger partial charge in [-0.25, -0.2) is 13.1 Å². The van der Waals surface area contributed by atoms with E-state index >= 15 is 0 Å². The first kappa shape index (κ1) is 14.3. The molecule has 1 rings (SSSR count). The first-order chi connectivity index (χ1) is 8.29. The Morgan fingerprint density at radius 2 is 2.06 bits per heavy atom. The van der Waals surface area contributed by atoms with Crippen LogP contribution in [0.2, 0.25) is 0 Å². The SMILES string of the molecule is CS(=O)(=O)NCCNC(=O)c1cc(O)ccc1N. The first-order valence-electron chi connectivity index (χ1n) is 5.11. The number of phenols is 1. The molecule has 0 aliphatic rings. The maximum Gasteiger partial charge on any atom is 0.253 e. The highest BCUT2D eigenvalue weighted by molar-refractivity contribution is 7.88. The Hall–Kier alpha value is -1.80. The molecule has 1 amide bonds. The Labute approximate surface area is 105 Å². The normalized spacial score (nSPS) is 11.2. The lowest BCUT2D eigenvalue weighted by Gasteiger charge is -2.08. The van der Waals surface area contributed by atoms with E-state index in [-0.39, 0.29) is 30.1 Å². The van der Waals surface area contributed by atoms with Crippen LogP contribution in [0.15, 0.2) is 18.2 Å². The molecule has 0 radical (unpaired) electrons. The van der Waals surface area contributed by atoms with Gasteiger partial charge in [-0.3, -0.25) is 4.79 Å². The number of hydrogen-bond acceptors (Lipinski definition) is 5. The molecular weight excluding hydrogens is 258 g/mol. The molecule has 0 spiro atoms. The highest BCUT2D eigenvalue weighted by Gasteiger charge is 2.10. The summed E-state index contributed by atoms with van der Waals surface area (Å²) in [4.78, 5) is 11.7. The van der Waals surface area contributed by atoms with E-state index in [1.54, 1.807) is 0 Å². The lowest BCUT2D eigenvalue weighted by atomic mass is 10.1. The second kappa shape index (κ2) is 5.69. The van der Waals surface area contributed by atoms with Crippen LogP contribution in [0.5, 0.6) is 5.75 Å². The quantitative estimate of drug-likeness (QED) is 0.319. The smallest absolute Gasteiger partial charge is 0.253 e. The third-order valence-corrected chi connectivity index (χ3v) is 2.78. The second-order valence-electron chi connectivity index (χ2n) is 3.69. The number of benzene rings is 1. The Morgan fingerprint density at radius 1 is 1.39 bits per heavy atom. The van der Waals surface area contributed by atoms with E-state index in [1.165, 1.54) is 18.2 Å². The number of aromatic hydroxyl groups is 1. The van der Waals surface area contributed by atoms with Crippen LogP contribution >= 0.6 is 0 Å². The van der Waals surface area contributed by atoms with Gasteiger partial charge in [0.1, 0.15) is 5.75 Å². The summed E-state index contributed by atoms with van der Waals surface area (Å²) >= 11 is 0. The van der Waals surface area contributed by atoms with Crippen LogP contribution in [0.4, 0.5) is 5.69 Å². The van der Waals surface area contributed by atoms with E-state index in [9.17, 15) is 18.3 Å². The van der Waals surface area contributed by atoms with E-state index in [4.69, 9.17) is 5.73 Å². The molecule has 1 aromatic rings. The molecular formula is C10H15N3O4S. The summed E-state index contributed by atoms with van der Waals surface area (Å²) in [6.45, 7) is 0.213. The van der Waals surface area contributed by atoms with Crippen molar-refractivity contribution in [2.75, 3.05) is 25.1 Å². The van der Waals surface area contributed by atoms with Crippen LogP contribution in [0, 0.1) is 0 Å². The van der Waals surface area contributed by atoms with Gasteiger partial charge in [0, 0.05) is 18.8 Å². The lowest BCUT2D eigenvalue weighted by molar-refractivity contribution is 0.0955. The number of nitrogen functional groups attached to an aromatic ring is 1. The molecule has 0 saturated carbocycles. The van der Waals surface area contributed by atoms with Crippen LogP contribution in [0.1, 0.15) is 10.4 Å². The second-order valence-corrected chi connectivity index (χ2v) is 5.53. The summed E-state index contributed by atoms with van der Waals surface area (Å²) in [5, 5.41) is 11.7. The zero-order valence-corrected chi connectivity index (χ0v) is 10.6. The molecule has 0 unspecified atom stereocenters. The Balaban J connectivity index is 2.53. The number of anilines is 1. The zero-order chi connectivity index (χ0) is 13.8. The molecule has 1 aromatic carbocycles. The van der Waals surface area contributed by atoms with Crippen LogP contribution in [0.3, 0.4) is 0 Å². The van der Waals surface area contributed by atoms with Gasteiger partial charge in [-0.15, -0.1) is 0 Å². The Kier molecular flexibility index (Phi) is 4.51. The fourth-order valence-electron chi connectivity index (χ4n) is 1.25. The first-order valence-corrected chi connectivity index (χ1v) is 7.00. The minimum Gasteiger partial charge on any atom is -0.508 e. The van der Waals surface area contributed by atoms with Gasteiger partial charge in [0.15, 0.2) is 0 Å². The number of sulfonamides is 1. The van der Waals surface area contributed by atoms with Crippen molar-refractivity contribution in [3.05, 3.63) is 23.8 Å². The number of carbonyl (C=O) groups excluding carboxylic acids is 1. The molecule has 0 bridgehead atoms. The number of rotatable bonds is 5. The van der Waals surface area contributed by atoms with Crippen molar-refractivity contribution in [1.82, 2.24) is 10.0 Å². The molecule has 0 heterocycles. The number of hydrogen-bond donors (Lipinski definition) is 4. The van der Waals surface area contributed by atoms with E-state index in [1.807, 2.05) is 0 Å². The number of amides is 1. The van der Waals surface area contributed by atoms with E-state index < -0.39 is 15.9 Å². The van der Waals surface area contributed by atoms with Crippen molar-refractivity contribution in [2.45, 2.75) is 0 Å². The fraction of sp³-hybridized carbons (Fsp3) is 0.300. The molecule has 0 aliphatic heterocycles. The summed E-state index contributed by atoms with van der Waals surface area (Å²) in [7, 11) is -3.27. The van der Waals surface area contributed by atoms with Crippen molar-refractivity contribution in [1.29, 1.82) is 0 Å². The monoisotopic (exact) mass is 273 g/mol. The van der Waals surface area contributed by atoms with Gasteiger partial charge in [-0.2, -0.15) is 0 Å². The predicted molar refractivity (Wildman–Crippen MR) is 67.7 cm³/mol. The lowest BCUT2D eigenvalue weighted by Crippen LogP contribution is -2.34. The molecule has 18 heavy (non-hydrogen) atoms. The maximum absolute atomic E-state index is 11.7. The molecule has 0 aliphatic carbocycles. The van der Waals surface area contributed by atoms with Crippen molar-refractivity contribution in [2.24, 2.45) is 0 Å². The molecule has 8 heteroatoms. The average Bonchev–Trinajstić information content (AvgIpc) is 2.26. The molecule has 5 N–H and O–H groups in total. The predicted octanol–water partition coefficient (Wildman–Crippen LogP) is -0.747. The topological polar surface area (TPSA) is 122 Å². The van der Waals surface area contributed by atoms with Crippen molar-refractivity contribution < 1.29 is 18.3 Å². The third-order valence-electron chi connectivity index (χ3n) is 2.06. The van der Waals surface area contributed by atoms with E-state index in [0.29, 0.717) is 0 Å². The number of carbonyl (C=O) groups is 1. The standard InChI is InChI=1S/C10H15N3O4S/c1-18(16,17)13-5-4-12-10(15)8-6-7(14)2-3-9(8)11/h2-3,6,13-14H,4-5,11H2,1H3,(H,12,15). The van der Waals surface area contributed by atoms with Crippen LogP contribution in [-0.4, -0.2) is 38.8 Å². The van der Waals surface area contributed by atoms with Crippen molar-refractivity contribution in [3.63, 3.8) is 0 Å². The van der Waals surface area contributed by atoms with Crippen molar-refractivity contribution in [3.8, 4) is 5.75 Å². The summed E-state index contributed by atoms with van der Waals surface area (Å²) in [6.07, 6.45) is 1.03. The Morgan fingerprint density at radius 3 is 2.67 bits per heavy atom. The van der Waals surface area contributed by atoms with Crippen LogP contribution < -0.4 is 15.8 Å². The highest BCUT2D eigenvalue weighted by Crippen LogP contribution is 2.17. The summed E-state index contributed by atoms with van der Waals surface area (Å²) in [6, 6.07) is 4.03. The molecule has 0 fully saturated rings. The minimum atomic E-state index is -3.27. The number of nitrogens with one attached hydrogen (secondary N) is 2. The largest absolute Gasteiger partial charge is 0.508 e. The van der Waals surface area contributed by atoms with Gasteiger partial charge in [0.25, 0.3) is 5.91 Å². The number of nitrogens with two attached hydrogens (primary N) is 1. The van der Waals surface area contributed by atoms with Gasteiger partial charge in [0.05, 0.1) is 11.8 Å². The summed E-state index contributed by atoms with van der Waals surface area (Å²) in [5.74, 6) is -0.540. The zero-order valence-electron chi connectivity index (χ0n) is 9.80. The maximum atomic E-state index is 11.7. The fourth-order valence-corrected chi connectivity index (χ4v) is 1.72. The number of phenolic OH excluding ortho intramolecular Hbond substituents is 1. The highest BCUT2D eigenvalue weighted by atomic mass is 32.2. The van der Waals surface area contributed by atoms with Gasteiger partial charge >= 0.3 is 0 Å². The van der Waals surface area contributed by atoms with Gasteiger partial charge in [0.2, 0.25) is 10.0 Å². The minimum absolute atomic E-state index is 0.0661. The van der Waals surface area contributed by atoms with E-state index in [0.717, 1.165) is 6.26 Å². The molecule has 7 nitrogen and oxygen atoms in total. The molecule has 0 saturated heterocycles. The molecule has 100 valence electrons. The Bertz CT molecular complexity index is 542. The van der Waals surface area contributed by atoms with Crippen molar-refractivity contribution >= 4 is 21.6 Å². The van der Waals surface area contributed by atoms with Gasteiger partial charge in [-0.1, -0.05) is 0 Å². The molecule has 0 aromatic heterocycles. The van der Waals surface area contributed by atoms with Crippen LogP contribution in [-0.2, 0) is 10.0 Å². The van der Waals surface area contributed by atoms with Gasteiger partial charge in [-0.05, 0) is 18.2 Å². The summed E-state index contributed by atoms with van der Waals surface area (Å²) < 4.78 is 23.8.